The van der Waals surface area contributed by atoms with E-state index in [4.69, 9.17) is 0 Å². The molecule has 19 rings (SSSR count). The first kappa shape index (κ1) is 68.4. The summed E-state index contributed by atoms with van der Waals surface area (Å²) >= 11 is 0. The normalized spacial score (nSPS) is 12.4. The second kappa shape index (κ2) is 28.8. The summed E-state index contributed by atoms with van der Waals surface area (Å²) < 4.78 is 0. The van der Waals surface area contributed by atoms with E-state index in [-0.39, 0.29) is 12.1 Å². The molecule has 0 aromatic heterocycles. The Morgan fingerprint density at radius 3 is 0.883 bits per heavy atom. The SMILES string of the molecule is CC(C)(C)c1cc2c3c(c1)N(c1c(-c4ccccc4)cccc1-c1ccccc1)c1cc([Si](c4ccccc4)(c4ccccc4)c4cccc(-c5ccccc5)c4)ccc1B3c1ccc([Si](c3ccccc3)(c3ccccc3)c3cccc(-c4ccccc4)c3)cc1N2c1ccc(-c2ccccc2)cc1-c1ccccc1. The van der Waals surface area contributed by atoms with Crippen molar-refractivity contribution in [2.45, 2.75) is 26.2 Å². The second-order valence-corrected chi connectivity index (χ2v) is 38.2. The zero-order valence-corrected chi connectivity index (χ0v) is 64.5. The van der Waals surface area contributed by atoms with E-state index in [1.165, 1.54) is 91.3 Å². The van der Waals surface area contributed by atoms with Crippen molar-refractivity contribution < 1.29 is 0 Å². The molecule has 0 radical (unpaired) electrons. The van der Waals surface area contributed by atoms with Crippen LogP contribution in [-0.4, -0.2) is 22.9 Å². The number of rotatable bonds is 16. The number of anilines is 6. The summed E-state index contributed by atoms with van der Waals surface area (Å²) in [5.41, 5.74) is 25.4. The predicted molar refractivity (Wildman–Crippen MR) is 479 cm³/mol. The molecule has 17 aromatic carbocycles. The second-order valence-electron chi connectivity index (χ2n) is 30.6. The van der Waals surface area contributed by atoms with Gasteiger partial charge in [0.1, 0.15) is 0 Å². The molecule has 5 heteroatoms. The fourth-order valence-corrected chi connectivity index (χ4v) is 27.7. The maximum absolute atomic E-state index is 3.35. The van der Waals surface area contributed by atoms with E-state index < -0.39 is 16.1 Å². The van der Waals surface area contributed by atoms with Crippen LogP contribution in [0.3, 0.4) is 0 Å². The van der Waals surface area contributed by atoms with Gasteiger partial charge in [-0.2, -0.15) is 0 Å². The Bertz CT molecular complexity index is 6090. The van der Waals surface area contributed by atoms with Crippen LogP contribution in [0.2, 0.25) is 0 Å². The van der Waals surface area contributed by atoms with Crippen LogP contribution < -0.4 is 67.7 Å². The highest BCUT2D eigenvalue weighted by atomic mass is 28.3. The first-order valence-electron chi connectivity index (χ1n) is 38.8. The highest BCUT2D eigenvalue weighted by Crippen LogP contribution is 2.52. The van der Waals surface area contributed by atoms with Crippen LogP contribution in [0.1, 0.15) is 26.3 Å². The Balaban J connectivity index is 0.982. The molecule has 2 heterocycles. The van der Waals surface area contributed by atoms with Gasteiger partial charge < -0.3 is 9.80 Å². The van der Waals surface area contributed by atoms with Gasteiger partial charge in [0.25, 0.3) is 6.71 Å². The number of benzene rings is 17. The molecule has 0 unspecified atom stereocenters. The third-order valence-electron chi connectivity index (χ3n) is 23.3. The summed E-state index contributed by atoms with van der Waals surface area (Å²) in [6.45, 7) is 6.94. The number of hydrogen-bond acceptors (Lipinski definition) is 2. The molecular weight excluding hydrogens is 1370 g/mol. The third kappa shape index (κ3) is 12.0. The van der Waals surface area contributed by atoms with Gasteiger partial charge in [0.2, 0.25) is 0 Å². The predicted octanol–water partition coefficient (Wildman–Crippen LogP) is 19.8. The van der Waals surface area contributed by atoms with Crippen LogP contribution in [0.4, 0.5) is 34.1 Å². The Kier molecular flexibility index (Phi) is 17.7. The van der Waals surface area contributed by atoms with Gasteiger partial charge in [0.05, 0.1) is 11.4 Å². The molecule has 2 aliphatic rings. The largest absolute Gasteiger partial charge is 0.311 e. The first-order valence-corrected chi connectivity index (χ1v) is 42.8. The Labute approximate surface area is 655 Å². The van der Waals surface area contributed by atoms with E-state index >= 15 is 0 Å². The quantitative estimate of drug-likeness (QED) is 0.0703. The topological polar surface area (TPSA) is 6.48 Å². The van der Waals surface area contributed by atoms with Crippen LogP contribution in [-0.2, 0) is 5.41 Å². The van der Waals surface area contributed by atoms with Gasteiger partial charge in [0.15, 0.2) is 16.1 Å². The van der Waals surface area contributed by atoms with Gasteiger partial charge in [-0.05, 0) is 155 Å². The summed E-state index contributed by atoms with van der Waals surface area (Å²) in [6.07, 6.45) is 0. The lowest BCUT2D eigenvalue weighted by atomic mass is 9.33. The maximum Gasteiger partial charge on any atom is 0.252 e. The van der Waals surface area contributed by atoms with Crippen molar-refractivity contribution in [3.8, 4) is 66.8 Å². The van der Waals surface area contributed by atoms with Gasteiger partial charge in [-0.1, -0.05) is 421 Å². The van der Waals surface area contributed by atoms with E-state index in [0.29, 0.717) is 0 Å². The minimum atomic E-state index is -3.35. The molecule has 0 bridgehead atoms. The molecule has 0 N–H and O–H groups in total. The zero-order valence-electron chi connectivity index (χ0n) is 62.5. The van der Waals surface area contributed by atoms with Gasteiger partial charge in [0, 0.05) is 39.4 Å². The van der Waals surface area contributed by atoms with E-state index in [0.717, 1.165) is 73.1 Å². The molecule has 0 saturated heterocycles. The van der Waals surface area contributed by atoms with Crippen LogP contribution in [0.5, 0.6) is 0 Å². The molecule has 0 saturated carbocycles. The Morgan fingerprint density at radius 2 is 0.505 bits per heavy atom. The summed E-state index contributed by atoms with van der Waals surface area (Å²) in [5, 5.41) is 10.5. The molecule has 526 valence electrons. The average molecular weight is 1450 g/mol. The van der Waals surface area contributed by atoms with Crippen molar-refractivity contribution in [1.82, 2.24) is 0 Å². The molecule has 2 nitrogen and oxygen atoms in total. The van der Waals surface area contributed by atoms with E-state index in [9.17, 15) is 0 Å². The molecule has 0 fully saturated rings. The molecule has 0 spiro atoms. The van der Waals surface area contributed by atoms with Crippen molar-refractivity contribution in [2.75, 3.05) is 9.80 Å². The lowest BCUT2D eigenvalue weighted by Gasteiger charge is -2.47. The number of fused-ring (bicyclic) bond motifs is 4. The standard InChI is InChI=1S/C106H81BN2Si2/c1-106(2,3)85-72-102-104-103(73-85)109(105-94(79-43-20-7-21-44-79)61-36-62-95(105)80-45-22-8-23-46-80)101-75-93(111(88-55-30-12-31-56-88,89-57-32-13-33-58-89)91-60-35-50-83(70-91)77-39-16-5-17-40-77)65-67-98(101)107(104)97-66-64-92(74-100(97)108(102)99-68-63-84(78-41-18-6-19-42-78)71-96(99)81-47-24-9-25-48-81)110(86-51-26-10-27-52-86,87-53-28-11-29-54-87)90-59-34-49-82(69-90)76-37-14-4-15-38-76/h4-75H,1-3H3. The monoisotopic (exact) mass is 1450 g/mol. The van der Waals surface area contributed by atoms with Crippen LogP contribution in [0.15, 0.2) is 437 Å². The van der Waals surface area contributed by atoms with Gasteiger partial charge in [-0.15, -0.1) is 0 Å². The fraction of sp³-hybridized carbons (Fsp3) is 0.0377. The lowest BCUT2D eigenvalue weighted by molar-refractivity contribution is 0.590. The number of para-hydroxylation sites is 1. The number of hydrogen-bond donors (Lipinski definition) is 0. The highest BCUT2D eigenvalue weighted by Gasteiger charge is 2.50. The number of nitrogens with zero attached hydrogens (tertiary/aromatic N) is 2. The Morgan fingerprint density at radius 1 is 0.207 bits per heavy atom. The maximum atomic E-state index is 2.75. The smallest absolute Gasteiger partial charge is 0.252 e. The van der Waals surface area contributed by atoms with Crippen LogP contribution in [0.25, 0.3) is 66.8 Å². The summed E-state index contributed by atoms with van der Waals surface area (Å²) in [5.74, 6) is 0. The zero-order chi connectivity index (χ0) is 74.5. The fourth-order valence-electron chi connectivity index (χ4n) is 18.1. The van der Waals surface area contributed by atoms with Crippen LogP contribution >= 0.6 is 0 Å². The van der Waals surface area contributed by atoms with E-state index in [1.54, 1.807) is 0 Å². The summed E-state index contributed by atoms with van der Waals surface area (Å²) in [4.78, 5) is 5.47. The molecule has 0 amide bonds. The van der Waals surface area contributed by atoms with Crippen molar-refractivity contribution in [3.63, 3.8) is 0 Å². The summed E-state index contributed by atoms with van der Waals surface area (Å²) in [7, 11) is -6.68. The molecule has 111 heavy (non-hydrogen) atoms. The van der Waals surface area contributed by atoms with Crippen molar-refractivity contribution >= 4 is 115 Å². The van der Waals surface area contributed by atoms with Crippen LogP contribution in [0, 0.1) is 0 Å². The first-order chi connectivity index (χ1) is 54.7. The summed E-state index contributed by atoms with van der Waals surface area (Å²) in [6, 6.07) is 166. The van der Waals surface area contributed by atoms with E-state index in [1.807, 2.05) is 0 Å². The Hall–Kier alpha value is -13.2. The van der Waals surface area contributed by atoms with Gasteiger partial charge >= 0.3 is 0 Å². The molecule has 0 aliphatic carbocycles. The lowest BCUT2D eigenvalue weighted by Crippen LogP contribution is -2.75. The molecule has 2 aliphatic heterocycles. The van der Waals surface area contributed by atoms with Crippen molar-refractivity contribution in [3.05, 3.63) is 442 Å². The van der Waals surface area contributed by atoms with Crippen molar-refractivity contribution in [2.24, 2.45) is 0 Å². The van der Waals surface area contributed by atoms with Gasteiger partial charge in [-0.3, -0.25) is 0 Å². The molecule has 17 aromatic rings. The molecule has 0 atom stereocenters. The minimum Gasteiger partial charge on any atom is -0.311 e. The third-order valence-corrected chi connectivity index (χ3v) is 32.8. The molecular formula is C106H81BN2Si2. The average Bonchev–Trinajstić information content (AvgIpc) is 0.679. The minimum absolute atomic E-state index is 0.269. The van der Waals surface area contributed by atoms with Gasteiger partial charge in [-0.25, -0.2) is 0 Å². The van der Waals surface area contributed by atoms with Crippen molar-refractivity contribution in [1.29, 1.82) is 0 Å². The highest BCUT2D eigenvalue weighted by molar-refractivity contribution is 7.21. The van der Waals surface area contributed by atoms with E-state index in [2.05, 4.69) is 467 Å².